The average Bonchev–Trinajstić information content (AvgIpc) is 3.91. The molecule has 4 aromatic heterocycles. The highest BCUT2D eigenvalue weighted by Gasteiger charge is 2.33. The minimum absolute atomic E-state index is 0.233. The highest BCUT2D eigenvalue weighted by molar-refractivity contribution is 7.17. The standard InChI is InChI=1S/C35H32N4O5S2/c40-34(31-13-11-29(45-31)24-7-1-3-15-36-24)38-26(22-39-17-5-6-18-39)33(23-9-10-27-28(21-23)43-20-19-42-27)44-35(41)32-14-12-30(46-32)25-8-2-4-16-37-25/h1-4,7-16,21,26,33H,5-6,17-20,22H2,(H,38,40)/t26-,33-/m1/s1. The maximum atomic E-state index is 13.8. The van der Waals surface area contributed by atoms with Gasteiger partial charge < -0.3 is 24.4 Å². The largest absolute Gasteiger partial charge is 0.486 e. The van der Waals surface area contributed by atoms with Crippen LogP contribution in [0.1, 0.15) is 43.9 Å². The molecule has 0 bridgehead atoms. The first-order valence-electron chi connectivity index (χ1n) is 15.3. The maximum absolute atomic E-state index is 13.8. The predicted octanol–water partition coefficient (Wildman–Crippen LogP) is 6.50. The molecule has 0 aliphatic carbocycles. The van der Waals surface area contributed by atoms with Crippen LogP contribution in [-0.2, 0) is 4.74 Å². The molecule has 7 rings (SSSR count). The molecule has 2 aliphatic rings. The van der Waals surface area contributed by atoms with Crippen molar-refractivity contribution in [2.75, 3.05) is 32.8 Å². The van der Waals surface area contributed by atoms with E-state index in [0.29, 0.717) is 46.6 Å². The number of aromatic nitrogens is 2. The van der Waals surface area contributed by atoms with Gasteiger partial charge in [-0.15, -0.1) is 22.7 Å². The van der Waals surface area contributed by atoms with Gasteiger partial charge in [0.25, 0.3) is 5.91 Å². The Balaban J connectivity index is 1.20. The van der Waals surface area contributed by atoms with Gasteiger partial charge >= 0.3 is 5.97 Å². The molecule has 1 aromatic carbocycles. The van der Waals surface area contributed by atoms with Crippen molar-refractivity contribution in [1.29, 1.82) is 0 Å². The van der Waals surface area contributed by atoms with Crippen LogP contribution in [0.2, 0.25) is 0 Å². The topological polar surface area (TPSA) is 103 Å². The summed E-state index contributed by atoms with van der Waals surface area (Å²) in [6.45, 7) is 3.24. The number of esters is 1. The molecule has 1 N–H and O–H groups in total. The number of pyridine rings is 2. The number of likely N-dealkylation sites (tertiary alicyclic amines) is 1. The lowest BCUT2D eigenvalue weighted by Gasteiger charge is -2.32. The zero-order valence-corrected chi connectivity index (χ0v) is 26.6. The fraction of sp³-hybridized carbons (Fsp3) is 0.257. The third-order valence-corrected chi connectivity index (χ3v) is 10.1. The molecule has 1 amide bonds. The number of carbonyl (C=O) groups is 2. The molecule has 2 atom stereocenters. The van der Waals surface area contributed by atoms with E-state index in [2.05, 4.69) is 20.2 Å². The zero-order chi connectivity index (χ0) is 31.3. The SMILES string of the molecule is O=C(N[C@H](CN1CCCC1)[C@H](OC(=O)c1ccc(-c2ccccn2)s1)c1ccc2c(c1)OCCO2)c1ccc(-c2ccccn2)s1. The Hall–Kier alpha value is -4.58. The number of rotatable bonds is 10. The summed E-state index contributed by atoms with van der Waals surface area (Å²) in [5.41, 5.74) is 2.31. The van der Waals surface area contributed by atoms with Crippen LogP contribution in [0.5, 0.6) is 11.5 Å². The highest BCUT2D eigenvalue weighted by Crippen LogP contribution is 2.36. The summed E-state index contributed by atoms with van der Waals surface area (Å²) >= 11 is 2.71. The van der Waals surface area contributed by atoms with E-state index in [1.54, 1.807) is 18.5 Å². The van der Waals surface area contributed by atoms with Gasteiger partial charge in [0.05, 0.1) is 32.1 Å². The van der Waals surface area contributed by atoms with Gasteiger partial charge in [0.1, 0.15) is 24.2 Å². The highest BCUT2D eigenvalue weighted by atomic mass is 32.1. The Kier molecular flexibility index (Phi) is 9.04. The lowest BCUT2D eigenvalue weighted by molar-refractivity contribution is 0.0158. The Labute approximate surface area is 274 Å². The molecule has 2 aliphatic heterocycles. The number of hydrogen-bond acceptors (Lipinski definition) is 10. The summed E-state index contributed by atoms with van der Waals surface area (Å²) in [6.07, 6.45) is 4.82. The average molecular weight is 653 g/mol. The number of thiophene rings is 2. The first-order chi connectivity index (χ1) is 22.6. The number of nitrogens with zero attached hydrogens (tertiary/aromatic N) is 3. The van der Waals surface area contributed by atoms with E-state index < -0.39 is 18.1 Å². The molecule has 1 fully saturated rings. The molecule has 234 valence electrons. The van der Waals surface area contributed by atoms with Gasteiger partial charge in [-0.05, 0) is 92.2 Å². The van der Waals surface area contributed by atoms with Gasteiger partial charge in [-0.2, -0.15) is 0 Å². The molecule has 11 heteroatoms. The van der Waals surface area contributed by atoms with Gasteiger partial charge in [-0.1, -0.05) is 18.2 Å². The molecular weight excluding hydrogens is 621 g/mol. The second kappa shape index (κ2) is 13.8. The van der Waals surface area contributed by atoms with E-state index in [4.69, 9.17) is 14.2 Å². The number of benzene rings is 1. The third kappa shape index (κ3) is 6.81. The summed E-state index contributed by atoms with van der Waals surface area (Å²) in [5.74, 6) is 0.520. The van der Waals surface area contributed by atoms with Crippen molar-refractivity contribution in [3.63, 3.8) is 0 Å². The van der Waals surface area contributed by atoms with E-state index in [9.17, 15) is 9.59 Å². The van der Waals surface area contributed by atoms with Crippen molar-refractivity contribution in [3.8, 4) is 32.6 Å². The normalized spacial score (nSPS) is 15.7. The van der Waals surface area contributed by atoms with Crippen LogP contribution in [0.15, 0.2) is 91.3 Å². The molecule has 1 saturated heterocycles. The van der Waals surface area contributed by atoms with Crippen LogP contribution in [-0.4, -0.2) is 65.6 Å². The quantitative estimate of drug-likeness (QED) is 0.171. The van der Waals surface area contributed by atoms with Crippen LogP contribution < -0.4 is 14.8 Å². The van der Waals surface area contributed by atoms with Crippen LogP contribution in [0.25, 0.3) is 21.1 Å². The molecule has 0 unspecified atom stereocenters. The third-order valence-electron chi connectivity index (χ3n) is 7.94. The summed E-state index contributed by atoms with van der Waals surface area (Å²) < 4.78 is 18.0. The van der Waals surface area contributed by atoms with Gasteiger partial charge in [0, 0.05) is 18.9 Å². The molecule has 46 heavy (non-hydrogen) atoms. The molecule has 9 nitrogen and oxygen atoms in total. The Bertz CT molecular complexity index is 1800. The number of carbonyl (C=O) groups excluding carboxylic acids is 2. The Morgan fingerprint density at radius 3 is 2.13 bits per heavy atom. The smallest absolute Gasteiger partial charge is 0.349 e. The molecule has 0 spiro atoms. The fourth-order valence-electron chi connectivity index (χ4n) is 5.69. The second-order valence-corrected chi connectivity index (χ2v) is 13.2. The molecule has 5 aromatic rings. The van der Waals surface area contributed by atoms with E-state index in [0.717, 1.165) is 47.1 Å². The van der Waals surface area contributed by atoms with E-state index in [1.165, 1.54) is 22.7 Å². The molecule has 0 saturated carbocycles. The van der Waals surface area contributed by atoms with Crippen molar-refractivity contribution in [2.24, 2.45) is 0 Å². The predicted molar refractivity (Wildman–Crippen MR) is 178 cm³/mol. The zero-order valence-electron chi connectivity index (χ0n) is 25.0. The van der Waals surface area contributed by atoms with Gasteiger partial charge in [-0.3, -0.25) is 14.8 Å². The summed E-state index contributed by atoms with van der Waals surface area (Å²) in [4.78, 5) is 41.6. The number of ether oxygens (including phenoxy) is 3. The van der Waals surface area contributed by atoms with Crippen molar-refractivity contribution < 1.29 is 23.8 Å². The fourth-order valence-corrected chi connectivity index (χ4v) is 7.44. The molecule has 6 heterocycles. The van der Waals surface area contributed by atoms with Crippen molar-refractivity contribution >= 4 is 34.6 Å². The van der Waals surface area contributed by atoms with Gasteiger partial charge in [-0.25, -0.2) is 4.79 Å². The maximum Gasteiger partial charge on any atom is 0.349 e. The first kappa shape index (κ1) is 30.1. The minimum Gasteiger partial charge on any atom is -0.486 e. The number of fused-ring (bicyclic) bond motifs is 1. The lowest BCUT2D eigenvalue weighted by Crippen LogP contribution is -2.47. The summed E-state index contributed by atoms with van der Waals surface area (Å²) in [7, 11) is 0. The number of hydrogen-bond donors (Lipinski definition) is 1. The van der Waals surface area contributed by atoms with Crippen LogP contribution in [0, 0.1) is 0 Å². The van der Waals surface area contributed by atoms with E-state index in [-0.39, 0.29) is 5.91 Å². The van der Waals surface area contributed by atoms with E-state index >= 15 is 0 Å². The number of amides is 1. The Morgan fingerprint density at radius 1 is 0.804 bits per heavy atom. The van der Waals surface area contributed by atoms with Gasteiger partial charge in [0.15, 0.2) is 11.5 Å². The monoisotopic (exact) mass is 652 g/mol. The molecule has 0 radical (unpaired) electrons. The van der Waals surface area contributed by atoms with E-state index in [1.807, 2.05) is 72.8 Å². The van der Waals surface area contributed by atoms with Crippen LogP contribution in [0.3, 0.4) is 0 Å². The first-order valence-corrected chi connectivity index (χ1v) is 16.9. The minimum atomic E-state index is -0.802. The van der Waals surface area contributed by atoms with Crippen molar-refractivity contribution in [1.82, 2.24) is 20.2 Å². The number of nitrogens with one attached hydrogen (secondary N) is 1. The summed E-state index contributed by atoms with van der Waals surface area (Å²) in [6, 6.07) is 23.8. The van der Waals surface area contributed by atoms with Crippen LogP contribution >= 0.6 is 22.7 Å². The summed E-state index contributed by atoms with van der Waals surface area (Å²) in [5, 5.41) is 3.25. The van der Waals surface area contributed by atoms with Crippen molar-refractivity contribution in [2.45, 2.75) is 25.0 Å². The second-order valence-electron chi connectivity index (χ2n) is 11.1. The Morgan fingerprint density at radius 2 is 1.46 bits per heavy atom. The molecular formula is C35H32N4O5S2. The van der Waals surface area contributed by atoms with Crippen molar-refractivity contribution in [3.05, 3.63) is 107 Å². The van der Waals surface area contributed by atoms with Gasteiger partial charge in [0.2, 0.25) is 0 Å². The van der Waals surface area contributed by atoms with Crippen LogP contribution in [0.4, 0.5) is 0 Å². The lowest BCUT2D eigenvalue weighted by atomic mass is 10.00.